The molecule has 0 N–H and O–H groups in total. The van der Waals surface area contributed by atoms with Crippen molar-refractivity contribution in [2.75, 3.05) is 6.54 Å². The predicted octanol–water partition coefficient (Wildman–Crippen LogP) is 10.2. The number of imide groups is 1. The van der Waals surface area contributed by atoms with Crippen molar-refractivity contribution in [2.45, 2.75) is 181 Å². The highest BCUT2D eigenvalue weighted by atomic mass is 16.2. The molecule has 2 amide bonds. The van der Waals surface area contributed by atoms with E-state index in [1.807, 2.05) is 0 Å². The maximum absolute atomic E-state index is 12.6. The summed E-state index contributed by atoms with van der Waals surface area (Å²) in [5, 5.41) is 0. The number of hydrogen-bond donors (Lipinski definition) is 0. The third kappa shape index (κ3) is 21.7. The summed E-state index contributed by atoms with van der Waals surface area (Å²) in [5.74, 6) is 0.122. The third-order valence-electron chi connectivity index (χ3n) is 7.04. The summed E-state index contributed by atoms with van der Waals surface area (Å²) in [4.78, 5) is 26.8. The number of nitrogens with zero attached hydrogens (tertiary/aromatic N) is 1. The van der Waals surface area contributed by atoms with Crippen LogP contribution in [-0.2, 0) is 9.59 Å². The third-order valence-corrected chi connectivity index (χ3v) is 7.04. The normalized spacial score (nSPS) is 11.1. The molecule has 0 bridgehead atoms. The molecule has 34 heavy (non-hydrogen) atoms. The zero-order valence-corrected chi connectivity index (χ0v) is 23.6. The van der Waals surface area contributed by atoms with Crippen molar-refractivity contribution in [2.24, 2.45) is 0 Å². The molecule has 0 fully saturated rings. The molecule has 0 aliphatic rings. The summed E-state index contributed by atoms with van der Waals surface area (Å²) < 4.78 is 0. The molecule has 0 saturated carbocycles. The standard InChI is InChI=1S/C31H61NO2/c1-4-7-9-11-13-15-17-19-21-23-25-27-30(33)32(29-6-3)31(34)28-26-24-22-20-18-16-14-12-10-8-5-2/h4-29H2,1-3H3. The van der Waals surface area contributed by atoms with E-state index in [0.29, 0.717) is 19.4 Å². The summed E-state index contributed by atoms with van der Waals surface area (Å²) >= 11 is 0. The van der Waals surface area contributed by atoms with Crippen LogP contribution in [0.3, 0.4) is 0 Å². The van der Waals surface area contributed by atoms with Gasteiger partial charge in [0.1, 0.15) is 0 Å². The van der Waals surface area contributed by atoms with E-state index in [0.717, 1.165) is 32.1 Å². The van der Waals surface area contributed by atoms with Crippen molar-refractivity contribution < 1.29 is 9.59 Å². The molecule has 0 heterocycles. The number of unbranched alkanes of at least 4 members (excludes halogenated alkanes) is 20. The molecule has 0 aromatic rings. The van der Waals surface area contributed by atoms with Crippen molar-refractivity contribution in [1.82, 2.24) is 4.90 Å². The molecule has 0 aliphatic carbocycles. The summed E-state index contributed by atoms with van der Waals surface area (Å²) in [5.41, 5.74) is 0. The molecule has 0 aliphatic heterocycles. The van der Waals surface area contributed by atoms with E-state index in [2.05, 4.69) is 20.8 Å². The number of rotatable bonds is 26. The Hall–Kier alpha value is -0.860. The van der Waals surface area contributed by atoms with Gasteiger partial charge in [-0.05, 0) is 19.3 Å². The van der Waals surface area contributed by atoms with Crippen LogP contribution in [0.15, 0.2) is 0 Å². The minimum absolute atomic E-state index is 0.0610. The second kappa shape index (κ2) is 26.7. The monoisotopic (exact) mass is 479 g/mol. The van der Waals surface area contributed by atoms with Crippen LogP contribution in [0.1, 0.15) is 181 Å². The Labute approximate surface area is 214 Å². The molecule has 0 rings (SSSR count). The van der Waals surface area contributed by atoms with E-state index >= 15 is 0 Å². The lowest BCUT2D eigenvalue weighted by Gasteiger charge is -2.20. The van der Waals surface area contributed by atoms with Gasteiger partial charge < -0.3 is 0 Å². The van der Waals surface area contributed by atoms with Crippen LogP contribution in [0.2, 0.25) is 0 Å². The van der Waals surface area contributed by atoms with Gasteiger partial charge in [0.2, 0.25) is 11.8 Å². The number of carbonyl (C=O) groups is 2. The summed E-state index contributed by atoms with van der Waals surface area (Å²) in [7, 11) is 0. The van der Waals surface area contributed by atoms with Gasteiger partial charge in [-0.2, -0.15) is 0 Å². The topological polar surface area (TPSA) is 37.4 Å². The van der Waals surface area contributed by atoms with Crippen LogP contribution >= 0.6 is 0 Å². The van der Waals surface area contributed by atoms with E-state index in [4.69, 9.17) is 0 Å². The molecular formula is C31H61NO2. The van der Waals surface area contributed by atoms with E-state index in [9.17, 15) is 9.59 Å². The van der Waals surface area contributed by atoms with Crippen LogP contribution in [0.4, 0.5) is 0 Å². The zero-order valence-electron chi connectivity index (χ0n) is 23.6. The molecule has 0 spiro atoms. The Bertz CT molecular complexity index is 411. The first-order valence-electron chi connectivity index (χ1n) is 15.5. The highest BCUT2D eigenvalue weighted by Crippen LogP contribution is 2.15. The molecule has 3 heteroatoms. The Balaban J connectivity index is 3.75. The molecule has 0 saturated heterocycles. The molecule has 0 aromatic heterocycles. The maximum atomic E-state index is 12.6. The summed E-state index contributed by atoms with van der Waals surface area (Å²) in [6.07, 6.45) is 30.2. The molecule has 202 valence electrons. The Morgan fingerprint density at radius 3 is 0.912 bits per heavy atom. The fourth-order valence-electron chi connectivity index (χ4n) is 4.76. The van der Waals surface area contributed by atoms with Gasteiger partial charge in [-0.15, -0.1) is 0 Å². The van der Waals surface area contributed by atoms with E-state index < -0.39 is 0 Å². The maximum Gasteiger partial charge on any atom is 0.229 e. The van der Waals surface area contributed by atoms with Gasteiger partial charge >= 0.3 is 0 Å². The predicted molar refractivity (Wildman–Crippen MR) is 149 cm³/mol. The van der Waals surface area contributed by atoms with Crippen molar-refractivity contribution >= 4 is 11.8 Å². The average molecular weight is 480 g/mol. The van der Waals surface area contributed by atoms with Gasteiger partial charge in [-0.3, -0.25) is 14.5 Å². The van der Waals surface area contributed by atoms with E-state index in [1.165, 1.54) is 116 Å². The van der Waals surface area contributed by atoms with Gasteiger partial charge in [-0.25, -0.2) is 0 Å². The zero-order chi connectivity index (χ0) is 25.1. The van der Waals surface area contributed by atoms with Crippen molar-refractivity contribution in [3.8, 4) is 0 Å². The van der Waals surface area contributed by atoms with Crippen LogP contribution in [0.25, 0.3) is 0 Å². The van der Waals surface area contributed by atoms with Crippen LogP contribution in [0, 0.1) is 0 Å². The fraction of sp³-hybridized carbons (Fsp3) is 0.935. The summed E-state index contributed by atoms with van der Waals surface area (Å²) in [6.45, 7) is 7.18. The first-order valence-corrected chi connectivity index (χ1v) is 15.5. The first kappa shape index (κ1) is 33.1. The highest BCUT2D eigenvalue weighted by Gasteiger charge is 2.19. The molecule has 0 aromatic carbocycles. The number of carbonyl (C=O) groups excluding carboxylic acids is 2. The SMILES string of the molecule is CCCCCCCCCCCCCC(=O)N(CCC)C(=O)CCCCCCCCCCCCC. The van der Waals surface area contributed by atoms with Gasteiger partial charge in [0.15, 0.2) is 0 Å². The van der Waals surface area contributed by atoms with Gasteiger partial charge in [0, 0.05) is 19.4 Å². The van der Waals surface area contributed by atoms with Crippen LogP contribution < -0.4 is 0 Å². The molecule has 0 radical (unpaired) electrons. The number of hydrogen-bond acceptors (Lipinski definition) is 2. The Kier molecular flexibility index (Phi) is 26.1. The second-order valence-corrected chi connectivity index (χ2v) is 10.5. The Morgan fingerprint density at radius 2 is 0.647 bits per heavy atom. The molecule has 0 unspecified atom stereocenters. The number of amides is 2. The quantitative estimate of drug-likeness (QED) is 0.116. The summed E-state index contributed by atoms with van der Waals surface area (Å²) in [6, 6.07) is 0. The van der Waals surface area contributed by atoms with Gasteiger partial charge in [0.25, 0.3) is 0 Å². The Morgan fingerprint density at radius 1 is 0.382 bits per heavy atom. The van der Waals surface area contributed by atoms with E-state index in [1.54, 1.807) is 4.90 Å². The van der Waals surface area contributed by atoms with Crippen LogP contribution in [-0.4, -0.2) is 23.3 Å². The van der Waals surface area contributed by atoms with E-state index in [-0.39, 0.29) is 11.8 Å². The van der Waals surface area contributed by atoms with Gasteiger partial charge in [0.05, 0.1) is 0 Å². The van der Waals surface area contributed by atoms with Crippen molar-refractivity contribution in [3.63, 3.8) is 0 Å². The second-order valence-electron chi connectivity index (χ2n) is 10.5. The minimum atomic E-state index is 0.0610. The smallest absolute Gasteiger partial charge is 0.229 e. The average Bonchev–Trinajstić information content (AvgIpc) is 2.84. The van der Waals surface area contributed by atoms with Crippen molar-refractivity contribution in [1.29, 1.82) is 0 Å². The van der Waals surface area contributed by atoms with Gasteiger partial charge in [-0.1, -0.05) is 149 Å². The van der Waals surface area contributed by atoms with Crippen molar-refractivity contribution in [3.05, 3.63) is 0 Å². The minimum Gasteiger partial charge on any atom is -0.283 e. The largest absolute Gasteiger partial charge is 0.283 e. The lowest BCUT2D eigenvalue weighted by molar-refractivity contribution is -0.145. The first-order chi connectivity index (χ1) is 16.7. The lowest BCUT2D eigenvalue weighted by atomic mass is 10.0. The molecule has 3 nitrogen and oxygen atoms in total. The fourth-order valence-corrected chi connectivity index (χ4v) is 4.76. The molecular weight excluding hydrogens is 418 g/mol. The highest BCUT2D eigenvalue weighted by molar-refractivity contribution is 5.95. The lowest BCUT2D eigenvalue weighted by Crippen LogP contribution is -2.37. The molecule has 0 atom stereocenters. The van der Waals surface area contributed by atoms with Crippen LogP contribution in [0.5, 0.6) is 0 Å².